The molecule has 18 heavy (non-hydrogen) atoms. The molecule has 2 heteroatoms. The molecule has 1 fully saturated rings. The van der Waals surface area contributed by atoms with E-state index < -0.39 is 0 Å². The normalized spacial score (nSPS) is 24.1. The summed E-state index contributed by atoms with van der Waals surface area (Å²) in [5, 5.41) is 0. The van der Waals surface area contributed by atoms with Crippen LogP contribution in [-0.2, 0) is 11.3 Å². The van der Waals surface area contributed by atoms with E-state index in [0.29, 0.717) is 11.8 Å². The third kappa shape index (κ3) is 3.82. The van der Waals surface area contributed by atoms with E-state index in [1.165, 1.54) is 36.8 Å². The van der Waals surface area contributed by atoms with Crippen LogP contribution in [0.15, 0.2) is 24.3 Å². The van der Waals surface area contributed by atoms with Gasteiger partial charge in [0.15, 0.2) is 0 Å². The summed E-state index contributed by atoms with van der Waals surface area (Å²) < 4.78 is 5.88. The monoisotopic (exact) mass is 247 g/mol. The lowest BCUT2D eigenvalue weighted by Crippen LogP contribution is -2.29. The first-order chi connectivity index (χ1) is 8.79. The van der Waals surface area contributed by atoms with E-state index in [1.54, 1.807) is 0 Å². The van der Waals surface area contributed by atoms with Crippen LogP contribution >= 0.6 is 0 Å². The molecule has 1 aliphatic carbocycles. The van der Waals surface area contributed by atoms with Crippen LogP contribution in [0.5, 0.6) is 0 Å². The second-order valence-corrected chi connectivity index (χ2v) is 5.54. The number of nitrogens with two attached hydrogens (primary N) is 1. The van der Waals surface area contributed by atoms with Gasteiger partial charge in [-0.15, -0.1) is 0 Å². The smallest absolute Gasteiger partial charge is 0.0717 e. The summed E-state index contributed by atoms with van der Waals surface area (Å²) in [6, 6.07) is 8.58. The number of benzene rings is 1. The van der Waals surface area contributed by atoms with Crippen molar-refractivity contribution in [3.8, 4) is 0 Å². The summed E-state index contributed by atoms with van der Waals surface area (Å²) in [5.74, 6) is 1.35. The lowest BCUT2D eigenvalue weighted by Gasteiger charge is -2.30. The van der Waals surface area contributed by atoms with Gasteiger partial charge in [0.1, 0.15) is 0 Å². The Bertz CT molecular complexity index is 347. The van der Waals surface area contributed by atoms with Crippen LogP contribution in [0.2, 0.25) is 0 Å². The van der Waals surface area contributed by atoms with Crippen molar-refractivity contribution in [3.63, 3.8) is 0 Å². The topological polar surface area (TPSA) is 35.2 Å². The molecule has 0 bridgehead atoms. The van der Waals surface area contributed by atoms with Crippen molar-refractivity contribution < 1.29 is 4.74 Å². The van der Waals surface area contributed by atoms with Gasteiger partial charge in [-0.3, -0.25) is 0 Å². The molecule has 2 N–H and O–H groups in total. The van der Waals surface area contributed by atoms with E-state index in [1.807, 2.05) is 0 Å². The van der Waals surface area contributed by atoms with E-state index in [4.69, 9.17) is 10.5 Å². The van der Waals surface area contributed by atoms with E-state index in [-0.39, 0.29) is 0 Å². The number of hydrogen-bond acceptors (Lipinski definition) is 2. The van der Waals surface area contributed by atoms with Crippen LogP contribution < -0.4 is 5.73 Å². The molecule has 2 atom stereocenters. The maximum atomic E-state index is 5.88. The maximum Gasteiger partial charge on any atom is 0.0717 e. The molecule has 2 rings (SSSR count). The number of aryl methyl sites for hydroxylation is 1. The molecular formula is C16H25NO. The van der Waals surface area contributed by atoms with Crippen molar-refractivity contribution in [2.75, 3.05) is 13.2 Å². The van der Waals surface area contributed by atoms with Crippen molar-refractivity contribution in [1.82, 2.24) is 0 Å². The fourth-order valence-electron chi connectivity index (χ4n) is 2.83. The van der Waals surface area contributed by atoms with Gasteiger partial charge in [0, 0.05) is 0 Å². The van der Waals surface area contributed by atoms with Crippen LogP contribution in [0.1, 0.15) is 36.8 Å². The zero-order valence-electron chi connectivity index (χ0n) is 11.4. The lowest BCUT2D eigenvalue weighted by molar-refractivity contribution is 0.0512. The summed E-state index contributed by atoms with van der Waals surface area (Å²) in [4.78, 5) is 0. The predicted molar refractivity (Wildman–Crippen MR) is 75.3 cm³/mol. The van der Waals surface area contributed by atoms with Crippen molar-refractivity contribution >= 4 is 0 Å². The number of hydrogen-bond donors (Lipinski definition) is 1. The van der Waals surface area contributed by atoms with Gasteiger partial charge in [0.25, 0.3) is 0 Å². The largest absolute Gasteiger partial charge is 0.376 e. The zero-order valence-corrected chi connectivity index (χ0v) is 11.4. The highest BCUT2D eigenvalue weighted by molar-refractivity contribution is 5.20. The van der Waals surface area contributed by atoms with Crippen LogP contribution in [0.25, 0.3) is 0 Å². The second-order valence-electron chi connectivity index (χ2n) is 5.54. The molecule has 2 unspecified atom stereocenters. The molecule has 100 valence electrons. The fourth-order valence-corrected chi connectivity index (χ4v) is 2.83. The van der Waals surface area contributed by atoms with E-state index >= 15 is 0 Å². The zero-order chi connectivity index (χ0) is 12.8. The van der Waals surface area contributed by atoms with Crippen molar-refractivity contribution in [1.29, 1.82) is 0 Å². The van der Waals surface area contributed by atoms with Gasteiger partial charge in [0.2, 0.25) is 0 Å². The molecule has 0 amide bonds. The van der Waals surface area contributed by atoms with E-state index in [0.717, 1.165) is 19.8 Å². The Balaban J connectivity index is 1.75. The van der Waals surface area contributed by atoms with Crippen LogP contribution in [-0.4, -0.2) is 13.2 Å². The van der Waals surface area contributed by atoms with Gasteiger partial charge in [-0.25, -0.2) is 0 Å². The fraction of sp³-hybridized carbons (Fsp3) is 0.625. The van der Waals surface area contributed by atoms with Crippen LogP contribution in [0.4, 0.5) is 0 Å². The lowest BCUT2D eigenvalue weighted by atomic mass is 9.80. The molecule has 0 saturated heterocycles. The summed E-state index contributed by atoms with van der Waals surface area (Å²) in [7, 11) is 0. The highest BCUT2D eigenvalue weighted by atomic mass is 16.5. The summed E-state index contributed by atoms with van der Waals surface area (Å²) >= 11 is 0. The molecule has 0 aliphatic heterocycles. The van der Waals surface area contributed by atoms with Crippen molar-refractivity contribution in [2.24, 2.45) is 17.6 Å². The minimum absolute atomic E-state index is 0.675. The molecular weight excluding hydrogens is 222 g/mol. The van der Waals surface area contributed by atoms with Gasteiger partial charge in [-0.05, 0) is 43.7 Å². The predicted octanol–water partition coefficient (Wildman–Crippen LogP) is 3.28. The molecule has 0 aromatic heterocycles. The van der Waals surface area contributed by atoms with Gasteiger partial charge in [-0.1, -0.05) is 42.7 Å². The molecule has 0 spiro atoms. The summed E-state index contributed by atoms with van der Waals surface area (Å²) in [5.41, 5.74) is 8.40. The molecule has 1 aromatic carbocycles. The molecule has 0 heterocycles. The maximum absolute atomic E-state index is 5.88. The van der Waals surface area contributed by atoms with Gasteiger partial charge in [0.05, 0.1) is 13.2 Å². The number of ether oxygens (including phenoxy) is 1. The molecule has 0 radical (unpaired) electrons. The van der Waals surface area contributed by atoms with Crippen LogP contribution in [0, 0.1) is 18.8 Å². The summed E-state index contributed by atoms with van der Waals surface area (Å²) in [6.07, 6.45) is 5.26. The molecule has 1 aromatic rings. The van der Waals surface area contributed by atoms with Crippen molar-refractivity contribution in [3.05, 3.63) is 35.4 Å². The molecule has 2 nitrogen and oxygen atoms in total. The third-order valence-electron chi connectivity index (χ3n) is 4.09. The van der Waals surface area contributed by atoms with Gasteiger partial charge >= 0.3 is 0 Å². The Morgan fingerprint density at radius 3 is 2.44 bits per heavy atom. The summed E-state index contributed by atoms with van der Waals surface area (Å²) in [6.45, 7) is 4.53. The Morgan fingerprint density at radius 2 is 1.78 bits per heavy atom. The minimum atomic E-state index is 0.675. The molecule has 1 aliphatic rings. The SMILES string of the molecule is Cc1ccc(COCC2CCCCC2CN)cc1. The number of rotatable bonds is 5. The Hall–Kier alpha value is -0.860. The standard InChI is InChI=1S/C16H25NO/c1-13-6-8-14(9-7-13)11-18-12-16-5-3-2-4-15(16)10-17/h6-9,15-16H,2-5,10-12,17H2,1H3. The average Bonchev–Trinajstić information content (AvgIpc) is 2.41. The van der Waals surface area contributed by atoms with Gasteiger partial charge < -0.3 is 10.5 Å². The highest BCUT2D eigenvalue weighted by Crippen LogP contribution is 2.29. The van der Waals surface area contributed by atoms with E-state index in [9.17, 15) is 0 Å². The highest BCUT2D eigenvalue weighted by Gasteiger charge is 2.23. The Kier molecular flexibility index (Phi) is 5.21. The van der Waals surface area contributed by atoms with E-state index in [2.05, 4.69) is 31.2 Å². The first-order valence-corrected chi connectivity index (χ1v) is 7.13. The average molecular weight is 247 g/mol. The first kappa shape index (κ1) is 13.6. The minimum Gasteiger partial charge on any atom is -0.376 e. The first-order valence-electron chi connectivity index (χ1n) is 7.13. The Morgan fingerprint density at radius 1 is 1.11 bits per heavy atom. The van der Waals surface area contributed by atoms with Crippen molar-refractivity contribution in [2.45, 2.75) is 39.2 Å². The Labute approximate surface area is 111 Å². The second kappa shape index (κ2) is 6.91. The van der Waals surface area contributed by atoms with Crippen LogP contribution in [0.3, 0.4) is 0 Å². The third-order valence-corrected chi connectivity index (χ3v) is 4.09. The van der Waals surface area contributed by atoms with Gasteiger partial charge in [-0.2, -0.15) is 0 Å². The molecule has 1 saturated carbocycles. The quantitative estimate of drug-likeness (QED) is 0.866.